The van der Waals surface area contributed by atoms with Gasteiger partial charge in [-0.3, -0.25) is 0 Å². The van der Waals surface area contributed by atoms with E-state index in [0.29, 0.717) is 41.2 Å². The molecule has 0 aromatic heterocycles. The van der Waals surface area contributed by atoms with Gasteiger partial charge in [0.25, 0.3) is 0 Å². The molecule has 0 atom stereocenters. The van der Waals surface area contributed by atoms with Crippen LogP contribution in [0.5, 0.6) is 5.75 Å². The van der Waals surface area contributed by atoms with E-state index in [1.54, 1.807) is 0 Å². The molecule has 0 aliphatic heterocycles. The largest absolute Gasteiger partial charge is 0.744 e. The lowest BCUT2D eigenvalue weighted by atomic mass is 9.82. The second-order valence-electron chi connectivity index (χ2n) is 8.61. The molecular formula is C24H25I2O5S-. The number of halogens is 2. The summed E-state index contributed by atoms with van der Waals surface area (Å²) in [7, 11) is -4.58. The number of fused-ring (bicyclic) bond motifs is 1. The Kier molecular flexibility index (Phi) is 7.83. The number of hydrogen-bond donors (Lipinski definition) is 0. The first-order valence-electron chi connectivity index (χ1n) is 11.1. The lowest BCUT2D eigenvalue weighted by molar-refractivity contribution is 0.0730. The lowest BCUT2D eigenvalue weighted by Crippen LogP contribution is -2.18. The second-order valence-corrected chi connectivity index (χ2v) is 12.4. The molecule has 2 aliphatic carbocycles. The first-order valence-corrected chi connectivity index (χ1v) is 14.6. The third-order valence-corrected chi connectivity index (χ3v) is 8.93. The number of carbonyl (C=O) groups is 1. The Morgan fingerprint density at radius 3 is 2.28 bits per heavy atom. The molecule has 0 unspecified atom stereocenters. The van der Waals surface area contributed by atoms with Crippen molar-refractivity contribution in [2.24, 2.45) is 0 Å². The molecule has 172 valence electrons. The van der Waals surface area contributed by atoms with Gasteiger partial charge in [-0.25, -0.2) is 13.2 Å². The molecule has 1 fully saturated rings. The summed E-state index contributed by atoms with van der Waals surface area (Å²) >= 11 is 4.54. The minimum Gasteiger partial charge on any atom is -0.744 e. The van der Waals surface area contributed by atoms with Gasteiger partial charge in [0.1, 0.15) is 15.9 Å². The maximum absolute atomic E-state index is 13.4. The quantitative estimate of drug-likeness (QED) is 0.124. The molecular weight excluding hydrogens is 654 g/mol. The van der Waals surface area contributed by atoms with E-state index in [1.807, 2.05) is 6.07 Å². The van der Waals surface area contributed by atoms with Crippen molar-refractivity contribution in [3.63, 3.8) is 0 Å². The van der Waals surface area contributed by atoms with E-state index in [9.17, 15) is 17.8 Å². The van der Waals surface area contributed by atoms with Crippen LogP contribution < -0.4 is 4.74 Å². The van der Waals surface area contributed by atoms with Crippen molar-refractivity contribution in [2.75, 3.05) is 0 Å². The highest BCUT2D eigenvalue weighted by atomic mass is 127. The minimum absolute atomic E-state index is 0.180. The molecule has 2 aromatic rings. The summed E-state index contributed by atoms with van der Waals surface area (Å²) in [4.78, 5) is 13.2. The first kappa shape index (κ1) is 24.4. The zero-order valence-corrected chi connectivity index (χ0v) is 22.8. The van der Waals surface area contributed by atoms with Gasteiger partial charge in [-0.1, -0.05) is 25.7 Å². The maximum atomic E-state index is 13.4. The molecule has 0 amide bonds. The lowest BCUT2D eigenvalue weighted by Gasteiger charge is -2.25. The number of hydrogen-bond acceptors (Lipinski definition) is 5. The third kappa shape index (κ3) is 5.33. The van der Waals surface area contributed by atoms with Crippen LogP contribution in [0.15, 0.2) is 29.2 Å². The summed E-state index contributed by atoms with van der Waals surface area (Å²) in [5, 5.41) is 0. The fourth-order valence-electron chi connectivity index (χ4n) is 5.02. The summed E-state index contributed by atoms with van der Waals surface area (Å²) in [5.74, 6) is 0.314. The highest BCUT2D eigenvalue weighted by molar-refractivity contribution is 14.1. The molecule has 1 saturated carbocycles. The van der Waals surface area contributed by atoms with Crippen LogP contribution in [0.1, 0.15) is 84.3 Å². The van der Waals surface area contributed by atoms with Gasteiger partial charge in [0.15, 0.2) is 0 Å². The van der Waals surface area contributed by atoms with Crippen molar-refractivity contribution in [3.8, 4) is 5.75 Å². The Hall–Kier alpha value is -0.720. The molecule has 5 nitrogen and oxygen atoms in total. The fraction of sp³-hybridized carbons (Fsp3) is 0.458. The number of rotatable bonds is 4. The first-order chi connectivity index (χ1) is 15.3. The molecule has 32 heavy (non-hydrogen) atoms. The molecule has 2 aromatic carbocycles. The average molecular weight is 679 g/mol. The minimum atomic E-state index is -4.58. The molecule has 8 heteroatoms. The second kappa shape index (κ2) is 10.3. The van der Waals surface area contributed by atoms with Gasteiger partial charge in [0.2, 0.25) is 0 Å². The predicted molar refractivity (Wildman–Crippen MR) is 138 cm³/mol. The third-order valence-electron chi connectivity index (χ3n) is 6.50. The van der Waals surface area contributed by atoms with Gasteiger partial charge in [-0.05, 0) is 131 Å². The van der Waals surface area contributed by atoms with Crippen molar-refractivity contribution < 1.29 is 22.5 Å². The van der Waals surface area contributed by atoms with Crippen molar-refractivity contribution in [3.05, 3.63) is 53.7 Å². The van der Waals surface area contributed by atoms with E-state index in [-0.39, 0.29) is 4.90 Å². The monoisotopic (exact) mass is 679 g/mol. The van der Waals surface area contributed by atoms with Crippen LogP contribution in [0, 0.1) is 7.14 Å². The van der Waals surface area contributed by atoms with Gasteiger partial charge in [0.05, 0.1) is 10.5 Å². The van der Waals surface area contributed by atoms with E-state index in [4.69, 9.17) is 4.74 Å². The Balaban J connectivity index is 1.74. The van der Waals surface area contributed by atoms with E-state index >= 15 is 0 Å². The van der Waals surface area contributed by atoms with Gasteiger partial charge >= 0.3 is 5.97 Å². The average Bonchev–Trinajstić information content (AvgIpc) is 2.99. The van der Waals surface area contributed by atoms with Crippen LogP contribution in [0.25, 0.3) is 0 Å². The van der Waals surface area contributed by atoms with E-state index in [1.165, 1.54) is 31.4 Å². The van der Waals surface area contributed by atoms with Crippen molar-refractivity contribution in [2.45, 2.75) is 75.0 Å². The summed E-state index contributed by atoms with van der Waals surface area (Å²) in [6, 6.07) is 6.77. The van der Waals surface area contributed by atoms with Gasteiger partial charge in [-0.15, -0.1) is 0 Å². The van der Waals surface area contributed by atoms with Crippen molar-refractivity contribution in [1.29, 1.82) is 0 Å². The summed E-state index contributed by atoms with van der Waals surface area (Å²) in [6.45, 7) is 0. The summed E-state index contributed by atoms with van der Waals surface area (Å²) < 4.78 is 43.4. The van der Waals surface area contributed by atoms with Crippen LogP contribution in [0.3, 0.4) is 0 Å². The zero-order valence-electron chi connectivity index (χ0n) is 17.7. The number of ether oxygens (including phenoxy) is 1. The Morgan fingerprint density at radius 1 is 0.938 bits per heavy atom. The number of carbonyl (C=O) groups excluding carboxylic acids is 1. The number of esters is 1. The molecule has 0 bridgehead atoms. The van der Waals surface area contributed by atoms with E-state index < -0.39 is 16.1 Å². The van der Waals surface area contributed by atoms with E-state index in [2.05, 4.69) is 51.2 Å². The molecule has 0 N–H and O–H groups in total. The molecule has 0 heterocycles. The Morgan fingerprint density at radius 2 is 1.59 bits per heavy atom. The van der Waals surface area contributed by atoms with Crippen LogP contribution in [-0.4, -0.2) is 18.9 Å². The molecule has 2 aliphatic rings. The highest BCUT2D eigenvalue weighted by Gasteiger charge is 2.27. The van der Waals surface area contributed by atoms with Crippen LogP contribution in [0.2, 0.25) is 0 Å². The number of benzene rings is 2. The Bertz CT molecular complexity index is 1140. The van der Waals surface area contributed by atoms with Crippen LogP contribution in [-0.2, 0) is 23.0 Å². The van der Waals surface area contributed by atoms with Crippen LogP contribution >= 0.6 is 45.2 Å². The summed E-state index contributed by atoms with van der Waals surface area (Å²) in [6.07, 6.45) is 9.44. The normalized spacial score (nSPS) is 17.5. The standard InChI is InChI=1S/C24H26I2O5S/c25-16-13-19(23(20(26)14-16)15-7-3-1-4-8-15)24(27)31-21-11-12-22(32(28,29)30)18-10-6-2-5-9-17(18)21/h11-15H,1-10H2,(H,28,29,30)/p-1. The molecule has 0 radical (unpaired) electrons. The molecule has 0 spiro atoms. The molecule has 4 rings (SSSR count). The van der Waals surface area contributed by atoms with Crippen molar-refractivity contribution in [1.82, 2.24) is 0 Å². The maximum Gasteiger partial charge on any atom is 0.343 e. The smallest absolute Gasteiger partial charge is 0.343 e. The zero-order chi connectivity index (χ0) is 22.9. The topological polar surface area (TPSA) is 83.5 Å². The molecule has 0 saturated heterocycles. The van der Waals surface area contributed by atoms with E-state index in [0.717, 1.165) is 44.8 Å². The SMILES string of the molecule is O=C(Oc1ccc(S(=O)(=O)[O-])c2c1CCCCC2)c1cc(I)cc(I)c1C1CCCCC1. The van der Waals surface area contributed by atoms with Crippen molar-refractivity contribution >= 4 is 61.3 Å². The van der Waals surface area contributed by atoms with Crippen LogP contribution in [0.4, 0.5) is 0 Å². The van der Waals surface area contributed by atoms with Gasteiger partial charge in [0, 0.05) is 7.14 Å². The Labute approximate surface area is 216 Å². The highest BCUT2D eigenvalue weighted by Crippen LogP contribution is 2.39. The summed E-state index contributed by atoms with van der Waals surface area (Å²) in [5.41, 5.74) is 2.87. The predicted octanol–water partition coefficient (Wildman–Crippen LogP) is 6.34. The fourth-order valence-corrected chi connectivity index (χ4v) is 8.07. The van der Waals surface area contributed by atoms with Gasteiger partial charge < -0.3 is 9.29 Å². The van der Waals surface area contributed by atoms with Gasteiger partial charge in [-0.2, -0.15) is 0 Å².